The molecule has 0 aliphatic heterocycles. The van der Waals surface area contributed by atoms with E-state index in [0.29, 0.717) is 30.2 Å². The van der Waals surface area contributed by atoms with Gasteiger partial charge < -0.3 is 20.1 Å². The Morgan fingerprint density at radius 1 is 1.20 bits per heavy atom. The van der Waals surface area contributed by atoms with E-state index in [1.165, 1.54) is 13.2 Å². The fraction of sp³-hybridized carbons (Fsp3) is 0.174. The molecule has 0 saturated carbocycles. The van der Waals surface area contributed by atoms with Crippen LogP contribution in [0, 0.1) is 11.3 Å². The minimum absolute atomic E-state index is 0.188. The van der Waals surface area contributed by atoms with E-state index in [-0.39, 0.29) is 12.5 Å². The highest BCUT2D eigenvalue weighted by atomic mass is 16.5. The quantitative estimate of drug-likeness (QED) is 0.483. The van der Waals surface area contributed by atoms with Gasteiger partial charge in [0, 0.05) is 19.2 Å². The van der Waals surface area contributed by atoms with E-state index in [9.17, 15) is 9.59 Å². The first kappa shape index (κ1) is 22.2. The van der Waals surface area contributed by atoms with Crippen LogP contribution in [0.25, 0.3) is 6.08 Å². The molecule has 0 heterocycles. The monoisotopic (exact) mass is 405 g/mol. The van der Waals surface area contributed by atoms with Crippen molar-refractivity contribution >= 4 is 17.9 Å². The Kier molecular flexibility index (Phi) is 8.21. The third-order valence-corrected chi connectivity index (χ3v) is 4.09. The summed E-state index contributed by atoms with van der Waals surface area (Å²) in [5, 5.41) is 8.90. The summed E-state index contributed by atoms with van der Waals surface area (Å²) in [6.45, 7) is 4.23. The summed E-state index contributed by atoms with van der Waals surface area (Å²) < 4.78 is 10.6. The molecule has 2 aromatic carbocycles. The molecule has 2 N–H and O–H groups in total. The summed E-state index contributed by atoms with van der Waals surface area (Å²) in [6, 6.07) is 14.2. The zero-order chi connectivity index (χ0) is 21.9. The van der Waals surface area contributed by atoms with Gasteiger partial charge in [0.1, 0.15) is 0 Å². The fourth-order valence-corrected chi connectivity index (χ4v) is 2.62. The second kappa shape index (κ2) is 11.1. The number of nitrogens with zero attached hydrogens (tertiary/aromatic N) is 2. The van der Waals surface area contributed by atoms with Crippen molar-refractivity contribution in [2.24, 2.45) is 5.73 Å². The van der Waals surface area contributed by atoms with Gasteiger partial charge in [-0.25, -0.2) is 0 Å². The highest BCUT2D eigenvalue weighted by molar-refractivity contribution is 5.92. The molecule has 7 nitrogen and oxygen atoms in total. The molecule has 0 unspecified atom stereocenters. The van der Waals surface area contributed by atoms with Crippen LogP contribution in [0.2, 0.25) is 0 Å². The minimum atomic E-state index is -0.587. The van der Waals surface area contributed by atoms with E-state index in [1.54, 1.807) is 47.4 Å². The molecule has 0 radical (unpaired) electrons. The van der Waals surface area contributed by atoms with E-state index in [2.05, 4.69) is 12.6 Å². The Labute approximate surface area is 175 Å². The Morgan fingerprint density at radius 3 is 2.53 bits per heavy atom. The lowest BCUT2D eigenvalue weighted by atomic mass is 10.1. The van der Waals surface area contributed by atoms with E-state index in [0.717, 1.165) is 11.1 Å². The molecule has 2 aromatic rings. The summed E-state index contributed by atoms with van der Waals surface area (Å²) in [7, 11) is 1.48. The number of amides is 2. The molecule has 0 aliphatic carbocycles. The predicted molar refractivity (Wildman–Crippen MR) is 113 cm³/mol. The normalized spacial score (nSPS) is 10.3. The molecule has 0 aliphatic rings. The highest BCUT2D eigenvalue weighted by Gasteiger charge is 2.11. The van der Waals surface area contributed by atoms with Gasteiger partial charge in [-0.1, -0.05) is 24.3 Å². The van der Waals surface area contributed by atoms with Crippen molar-refractivity contribution in [2.75, 3.05) is 20.3 Å². The van der Waals surface area contributed by atoms with Crippen LogP contribution in [0.1, 0.15) is 16.7 Å². The van der Waals surface area contributed by atoms with Crippen molar-refractivity contribution in [1.82, 2.24) is 4.90 Å². The van der Waals surface area contributed by atoms with Crippen LogP contribution < -0.4 is 15.2 Å². The molecule has 7 heteroatoms. The molecular weight excluding hydrogens is 382 g/mol. The number of benzene rings is 2. The Hall–Kier alpha value is -4.05. The fourth-order valence-electron chi connectivity index (χ4n) is 2.62. The maximum atomic E-state index is 12.7. The third-order valence-electron chi connectivity index (χ3n) is 4.09. The van der Waals surface area contributed by atoms with E-state index >= 15 is 0 Å². The van der Waals surface area contributed by atoms with Gasteiger partial charge in [0.05, 0.1) is 18.7 Å². The van der Waals surface area contributed by atoms with Crippen LogP contribution in [0.3, 0.4) is 0 Å². The smallest absolute Gasteiger partial charge is 0.255 e. The van der Waals surface area contributed by atoms with Crippen molar-refractivity contribution < 1.29 is 19.1 Å². The maximum absolute atomic E-state index is 12.7. The van der Waals surface area contributed by atoms with Crippen LogP contribution in [0.5, 0.6) is 11.5 Å². The average molecular weight is 405 g/mol. The first-order chi connectivity index (χ1) is 14.5. The Bertz CT molecular complexity index is 975. The van der Waals surface area contributed by atoms with Crippen LogP contribution in [0.4, 0.5) is 0 Å². The first-order valence-electron chi connectivity index (χ1n) is 9.13. The third kappa shape index (κ3) is 6.53. The molecule has 0 saturated heterocycles. The van der Waals surface area contributed by atoms with Gasteiger partial charge in [-0.05, 0) is 41.5 Å². The first-order valence-corrected chi connectivity index (χ1v) is 9.13. The second-order valence-corrected chi connectivity index (χ2v) is 6.31. The van der Waals surface area contributed by atoms with E-state index in [4.69, 9.17) is 20.5 Å². The lowest BCUT2D eigenvalue weighted by Gasteiger charge is -2.19. The number of ether oxygens (including phenoxy) is 2. The van der Waals surface area contributed by atoms with E-state index < -0.39 is 5.91 Å². The SMILES string of the molecule is C=CCN(Cc1ccc(C#N)cc1)C(=O)/C=C/c1ccc(OCC(N)=O)c(OC)c1. The number of nitriles is 1. The lowest BCUT2D eigenvalue weighted by molar-refractivity contribution is -0.126. The summed E-state index contributed by atoms with van der Waals surface area (Å²) in [5.41, 5.74) is 7.29. The summed E-state index contributed by atoms with van der Waals surface area (Å²) in [6.07, 6.45) is 4.78. The largest absolute Gasteiger partial charge is 0.493 e. The Morgan fingerprint density at radius 2 is 1.93 bits per heavy atom. The molecule has 0 fully saturated rings. The number of rotatable bonds is 10. The van der Waals surface area contributed by atoms with Gasteiger partial charge in [0.15, 0.2) is 18.1 Å². The van der Waals surface area contributed by atoms with Gasteiger partial charge >= 0.3 is 0 Å². The number of carbonyl (C=O) groups excluding carboxylic acids is 2. The lowest BCUT2D eigenvalue weighted by Crippen LogP contribution is -2.29. The van der Waals surface area contributed by atoms with Gasteiger partial charge in [0.2, 0.25) is 5.91 Å². The summed E-state index contributed by atoms with van der Waals surface area (Å²) >= 11 is 0. The predicted octanol–water partition coefficient (Wildman–Crippen LogP) is 2.66. The summed E-state index contributed by atoms with van der Waals surface area (Å²) in [4.78, 5) is 25.2. The number of hydrogen-bond acceptors (Lipinski definition) is 5. The van der Waals surface area contributed by atoms with Gasteiger partial charge in [-0.15, -0.1) is 6.58 Å². The molecule has 30 heavy (non-hydrogen) atoms. The number of methoxy groups -OCH3 is 1. The number of nitrogens with two attached hydrogens (primary N) is 1. The van der Waals surface area contributed by atoms with Gasteiger partial charge in [-0.2, -0.15) is 5.26 Å². The van der Waals surface area contributed by atoms with Crippen molar-refractivity contribution in [3.05, 3.63) is 77.9 Å². The van der Waals surface area contributed by atoms with Crippen LogP contribution >= 0.6 is 0 Å². The molecule has 154 valence electrons. The number of carbonyl (C=O) groups is 2. The topological polar surface area (TPSA) is 106 Å². The molecule has 0 atom stereocenters. The number of hydrogen-bond donors (Lipinski definition) is 1. The van der Waals surface area contributed by atoms with Crippen LogP contribution in [-0.2, 0) is 16.1 Å². The Balaban J connectivity index is 2.11. The second-order valence-electron chi connectivity index (χ2n) is 6.31. The van der Waals surface area contributed by atoms with Crippen LogP contribution in [-0.4, -0.2) is 37.0 Å². The van der Waals surface area contributed by atoms with Gasteiger partial charge in [0.25, 0.3) is 5.91 Å². The van der Waals surface area contributed by atoms with Crippen molar-refractivity contribution in [2.45, 2.75) is 6.54 Å². The zero-order valence-corrected chi connectivity index (χ0v) is 16.7. The highest BCUT2D eigenvalue weighted by Crippen LogP contribution is 2.28. The molecule has 0 bridgehead atoms. The standard InChI is InChI=1S/C23H23N3O4/c1-3-12-26(15-19-6-4-18(14-24)5-7-19)23(28)11-9-17-8-10-20(21(13-17)29-2)30-16-22(25)27/h3-11,13H,1,12,15-16H2,2H3,(H2,25,27)/b11-9+. The molecule has 0 spiro atoms. The molecule has 2 rings (SSSR count). The van der Waals surface area contributed by atoms with Crippen molar-refractivity contribution in [3.63, 3.8) is 0 Å². The average Bonchev–Trinajstić information content (AvgIpc) is 2.76. The molecule has 2 amide bonds. The molecular formula is C23H23N3O4. The van der Waals surface area contributed by atoms with Gasteiger partial charge in [-0.3, -0.25) is 9.59 Å². The van der Waals surface area contributed by atoms with E-state index in [1.807, 2.05) is 12.1 Å². The van der Waals surface area contributed by atoms with Crippen molar-refractivity contribution in [1.29, 1.82) is 5.26 Å². The minimum Gasteiger partial charge on any atom is -0.493 e. The van der Waals surface area contributed by atoms with Crippen LogP contribution in [0.15, 0.2) is 61.2 Å². The maximum Gasteiger partial charge on any atom is 0.255 e. The zero-order valence-electron chi connectivity index (χ0n) is 16.7. The van der Waals surface area contributed by atoms with Crippen molar-refractivity contribution in [3.8, 4) is 17.6 Å². The summed E-state index contributed by atoms with van der Waals surface area (Å²) in [5.74, 6) is 0.0312. The number of primary amides is 1. The molecule has 0 aromatic heterocycles.